The first-order valence-corrected chi connectivity index (χ1v) is 8.62. The summed E-state index contributed by atoms with van der Waals surface area (Å²) in [6.45, 7) is 2.93. The number of aliphatic hydroxyl groups excluding tert-OH is 1. The van der Waals surface area contributed by atoms with Crippen molar-refractivity contribution in [2.24, 2.45) is 11.7 Å². The van der Waals surface area contributed by atoms with Crippen molar-refractivity contribution in [3.8, 4) is 5.75 Å². The number of carboxylic acid groups (broad SMARTS) is 1. The second-order valence-electron chi connectivity index (χ2n) is 6.75. The summed E-state index contributed by atoms with van der Waals surface area (Å²) in [7, 11) is 0. The lowest BCUT2D eigenvalue weighted by Crippen LogP contribution is -2.56. The minimum atomic E-state index is -1.31. The third kappa shape index (κ3) is 7.63. The Morgan fingerprint density at radius 3 is 2.07 bits per heavy atom. The Morgan fingerprint density at radius 1 is 1.04 bits per heavy atom. The number of carboxylic acids is 1. The second kappa shape index (κ2) is 10.5. The van der Waals surface area contributed by atoms with Gasteiger partial charge in [-0.2, -0.15) is 0 Å². The molecule has 7 N–H and O–H groups in total. The zero-order valence-corrected chi connectivity index (χ0v) is 15.4. The van der Waals surface area contributed by atoms with Crippen LogP contribution < -0.4 is 16.4 Å². The van der Waals surface area contributed by atoms with Gasteiger partial charge in [0.05, 0.1) is 12.6 Å². The van der Waals surface area contributed by atoms with Gasteiger partial charge in [-0.15, -0.1) is 0 Å². The number of phenolic OH excluding ortho intramolecular Hbond substituents is 1. The number of hydrogen-bond acceptors (Lipinski definition) is 6. The van der Waals surface area contributed by atoms with E-state index in [1.54, 1.807) is 12.1 Å². The van der Waals surface area contributed by atoms with Crippen molar-refractivity contribution in [3.05, 3.63) is 29.8 Å². The largest absolute Gasteiger partial charge is 0.508 e. The maximum absolute atomic E-state index is 12.2. The van der Waals surface area contributed by atoms with Crippen molar-refractivity contribution in [2.45, 2.75) is 44.8 Å². The van der Waals surface area contributed by atoms with Crippen LogP contribution in [0.15, 0.2) is 24.3 Å². The molecule has 1 aromatic carbocycles. The molecule has 0 unspecified atom stereocenters. The highest BCUT2D eigenvalue weighted by Gasteiger charge is 2.28. The van der Waals surface area contributed by atoms with E-state index in [1.165, 1.54) is 12.1 Å². The SMILES string of the molecule is CC(C)C[C@H](NC(=O)[C@@H](CO)NC(=O)[C@@H](N)Cc1ccc(O)cc1)C(=O)O. The van der Waals surface area contributed by atoms with Crippen LogP contribution in [0.2, 0.25) is 0 Å². The Bertz CT molecular complexity index is 647. The summed E-state index contributed by atoms with van der Waals surface area (Å²) in [5, 5.41) is 32.5. The summed E-state index contributed by atoms with van der Waals surface area (Å²) in [5.74, 6) is -2.52. The molecule has 1 rings (SSSR count). The van der Waals surface area contributed by atoms with Crippen LogP contribution in [-0.2, 0) is 20.8 Å². The van der Waals surface area contributed by atoms with Crippen LogP contribution in [0.3, 0.4) is 0 Å². The van der Waals surface area contributed by atoms with E-state index in [2.05, 4.69) is 10.6 Å². The lowest BCUT2D eigenvalue weighted by Gasteiger charge is -2.22. The number of nitrogens with one attached hydrogen (secondary N) is 2. The Morgan fingerprint density at radius 2 is 1.59 bits per heavy atom. The molecule has 0 radical (unpaired) electrons. The predicted octanol–water partition coefficient (Wildman–Crippen LogP) is -0.645. The summed E-state index contributed by atoms with van der Waals surface area (Å²) >= 11 is 0. The van der Waals surface area contributed by atoms with Gasteiger partial charge in [-0.1, -0.05) is 26.0 Å². The molecule has 0 fully saturated rings. The molecular weight excluding hydrogens is 354 g/mol. The molecule has 0 saturated carbocycles. The number of phenols is 1. The first-order valence-electron chi connectivity index (χ1n) is 8.62. The predicted molar refractivity (Wildman–Crippen MR) is 97.8 cm³/mol. The van der Waals surface area contributed by atoms with Crippen LogP contribution in [-0.4, -0.2) is 57.8 Å². The van der Waals surface area contributed by atoms with E-state index in [0.29, 0.717) is 5.56 Å². The molecule has 0 saturated heterocycles. The van der Waals surface area contributed by atoms with E-state index < -0.39 is 42.5 Å². The third-order valence-electron chi connectivity index (χ3n) is 3.87. The second-order valence-corrected chi connectivity index (χ2v) is 6.75. The Balaban J connectivity index is 2.66. The number of aliphatic carboxylic acids is 1. The number of amides is 2. The van der Waals surface area contributed by atoms with Crippen molar-refractivity contribution in [2.75, 3.05) is 6.61 Å². The number of carbonyl (C=O) groups excluding carboxylic acids is 2. The Kier molecular flexibility index (Phi) is 8.70. The molecule has 0 heterocycles. The highest BCUT2D eigenvalue weighted by atomic mass is 16.4. The van der Waals surface area contributed by atoms with Gasteiger partial charge in [-0.25, -0.2) is 4.79 Å². The Hall–Kier alpha value is -2.65. The average molecular weight is 381 g/mol. The van der Waals surface area contributed by atoms with Crippen LogP contribution in [0.1, 0.15) is 25.8 Å². The number of carbonyl (C=O) groups is 3. The summed E-state index contributed by atoms with van der Waals surface area (Å²) in [4.78, 5) is 35.6. The van der Waals surface area contributed by atoms with E-state index in [1.807, 2.05) is 13.8 Å². The normalized spacial score (nSPS) is 14.3. The molecule has 3 atom stereocenters. The third-order valence-corrected chi connectivity index (χ3v) is 3.87. The van der Waals surface area contributed by atoms with Gasteiger partial charge in [0, 0.05) is 0 Å². The lowest BCUT2D eigenvalue weighted by atomic mass is 10.0. The molecule has 0 bridgehead atoms. The molecule has 0 aromatic heterocycles. The van der Waals surface area contributed by atoms with E-state index in [-0.39, 0.29) is 24.5 Å². The van der Waals surface area contributed by atoms with Gasteiger partial charge in [0.1, 0.15) is 17.8 Å². The molecule has 0 aliphatic heterocycles. The fourth-order valence-electron chi connectivity index (χ4n) is 2.42. The standard InChI is InChI=1S/C18H27N3O6/c1-10(2)7-14(18(26)27)20-17(25)15(9-22)21-16(24)13(19)8-11-3-5-12(23)6-4-11/h3-6,10,13-15,22-23H,7-9,19H2,1-2H3,(H,20,25)(H,21,24)(H,26,27)/t13-,14-,15+/m0/s1. The van der Waals surface area contributed by atoms with Crippen LogP contribution in [0.25, 0.3) is 0 Å². The number of aliphatic hydroxyl groups is 1. The summed E-state index contributed by atoms with van der Waals surface area (Å²) < 4.78 is 0. The van der Waals surface area contributed by atoms with Gasteiger partial charge >= 0.3 is 5.97 Å². The first kappa shape index (κ1) is 22.4. The quantitative estimate of drug-likeness (QED) is 0.314. The zero-order valence-electron chi connectivity index (χ0n) is 15.4. The number of nitrogens with two attached hydrogens (primary N) is 1. The first-order chi connectivity index (χ1) is 12.6. The molecule has 150 valence electrons. The summed E-state index contributed by atoms with van der Waals surface area (Å²) in [6, 6.07) is 2.74. The van der Waals surface area contributed by atoms with Crippen molar-refractivity contribution in [1.29, 1.82) is 0 Å². The molecule has 0 spiro atoms. The van der Waals surface area contributed by atoms with Crippen molar-refractivity contribution in [3.63, 3.8) is 0 Å². The van der Waals surface area contributed by atoms with Gasteiger partial charge in [0.25, 0.3) is 0 Å². The molecule has 1 aromatic rings. The van der Waals surface area contributed by atoms with Gasteiger partial charge in [-0.05, 0) is 36.5 Å². The number of benzene rings is 1. The summed E-state index contributed by atoms with van der Waals surface area (Å²) in [5.41, 5.74) is 6.54. The maximum Gasteiger partial charge on any atom is 0.326 e. The molecule has 9 nitrogen and oxygen atoms in total. The van der Waals surface area contributed by atoms with E-state index in [0.717, 1.165) is 0 Å². The number of rotatable bonds is 10. The molecule has 9 heteroatoms. The lowest BCUT2D eigenvalue weighted by molar-refractivity contribution is -0.143. The van der Waals surface area contributed by atoms with Gasteiger partial charge in [0.15, 0.2) is 0 Å². The minimum absolute atomic E-state index is 0.0345. The molecule has 0 aliphatic rings. The average Bonchev–Trinajstić information content (AvgIpc) is 2.60. The minimum Gasteiger partial charge on any atom is -0.508 e. The van der Waals surface area contributed by atoms with Crippen molar-refractivity contribution < 1.29 is 29.7 Å². The van der Waals surface area contributed by atoms with Gasteiger partial charge in [-0.3, -0.25) is 9.59 Å². The number of hydrogen-bond donors (Lipinski definition) is 6. The maximum atomic E-state index is 12.2. The molecule has 27 heavy (non-hydrogen) atoms. The van der Waals surface area contributed by atoms with Crippen LogP contribution in [0.5, 0.6) is 5.75 Å². The van der Waals surface area contributed by atoms with Crippen molar-refractivity contribution in [1.82, 2.24) is 10.6 Å². The van der Waals surface area contributed by atoms with E-state index in [9.17, 15) is 29.7 Å². The van der Waals surface area contributed by atoms with Gasteiger partial charge in [0.2, 0.25) is 11.8 Å². The fourth-order valence-corrected chi connectivity index (χ4v) is 2.42. The van der Waals surface area contributed by atoms with E-state index >= 15 is 0 Å². The van der Waals surface area contributed by atoms with Crippen molar-refractivity contribution >= 4 is 17.8 Å². The molecule has 2 amide bonds. The zero-order chi connectivity index (χ0) is 20.6. The smallest absolute Gasteiger partial charge is 0.326 e. The van der Waals surface area contributed by atoms with Crippen LogP contribution in [0.4, 0.5) is 0 Å². The Labute approximate surface area is 157 Å². The van der Waals surface area contributed by atoms with Crippen LogP contribution >= 0.6 is 0 Å². The van der Waals surface area contributed by atoms with Crippen LogP contribution in [0, 0.1) is 5.92 Å². The fraction of sp³-hybridized carbons (Fsp3) is 0.500. The number of aromatic hydroxyl groups is 1. The monoisotopic (exact) mass is 381 g/mol. The topological polar surface area (TPSA) is 162 Å². The van der Waals surface area contributed by atoms with E-state index in [4.69, 9.17) is 5.73 Å². The summed E-state index contributed by atoms with van der Waals surface area (Å²) in [6.07, 6.45) is 0.379. The van der Waals surface area contributed by atoms with Gasteiger partial charge < -0.3 is 31.7 Å². The molecular formula is C18H27N3O6. The highest BCUT2D eigenvalue weighted by molar-refractivity contribution is 5.91. The molecule has 0 aliphatic carbocycles. The highest BCUT2D eigenvalue weighted by Crippen LogP contribution is 2.11.